The maximum Gasteiger partial charge on any atom is 0.121 e. The summed E-state index contributed by atoms with van der Waals surface area (Å²) < 4.78 is 5.41. The van der Waals surface area contributed by atoms with Gasteiger partial charge in [0.15, 0.2) is 0 Å². The van der Waals surface area contributed by atoms with Crippen molar-refractivity contribution in [1.29, 1.82) is 0 Å². The number of aliphatic hydroxyl groups is 3. The second-order valence-electron chi connectivity index (χ2n) is 9.87. The number of halogens is 1. The van der Waals surface area contributed by atoms with E-state index in [0.717, 1.165) is 37.4 Å². The Balaban J connectivity index is 0.000000555. The molecule has 1 atom stereocenters. The molecule has 1 fully saturated rings. The quantitative estimate of drug-likeness (QED) is 0.407. The Labute approximate surface area is 224 Å². The molecule has 8 heteroatoms. The standard InChI is InChI=1S/C23H32ClN3O4.C6H6/c1-22(2,29)21-7-4-17(15-25-21)23(3,30)16-26-8-10-27(11-9-26)20-6-5-18(14-19(20)24)31-13-12-28;1-2-4-6-5-3-1/h4-7,14-15,28-30H,8-13,16H2,1-3H3;1-6H. The van der Waals surface area contributed by atoms with Crippen LogP contribution in [0.1, 0.15) is 32.0 Å². The number of anilines is 1. The van der Waals surface area contributed by atoms with Crippen molar-refractivity contribution in [2.75, 3.05) is 50.8 Å². The normalized spacial score (nSPS) is 15.9. The molecule has 1 aliphatic rings. The lowest BCUT2D eigenvalue weighted by molar-refractivity contribution is 0.0137. The number of nitrogens with zero attached hydrogens (tertiary/aromatic N) is 3. The maximum atomic E-state index is 11.0. The summed E-state index contributed by atoms with van der Waals surface area (Å²) in [6.45, 7) is 9.05. The molecule has 200 valence electrons. The predicted molar refractivity (Wildman–Crippen MR) is 148 cm³/mol. The number of benzene rings is 2. The molecule has 1 aromatic heterocycles. The third kappa shape index (κ3) is 8.69. The third-order valence-electron chi connectivity index (χ3n) is 6.20. The summed E-state index contributed by atoms with van der Waals surface area (Å²) in [5.74, 6) is 0.640. The second kappa shape index (κ2) is 13.2. The first-order valence-electron chi connectivity index (χ1n) is 12.5. The highest BCUT2D eigenvalue weighted by molar-refractivity contribution is 6.33. The van der Waals surface area contributed by atoms with Gasteiger partial charge in [-0.25, -0.2) is 0 Å². The fraction of sp³-hybridized carbons (Fsp3) is 0.414. The summed E-state index contributed by atoms with van der Waals surface area (Å²) in [6.07, 6.45) is 1.64. The molecule has 0 radical (unpaired) electrons. The Morgan fingerprint density at radius 3 is 2.03 bits per heavy atom. The van der Waals surface area contributed by atoms with Crippen molar-refractivity contribution in [3.05, 3.63) is 89.2 Å². The Morgan fingerprint density at radius 2 is 1.54 bits per heavy atom. The van der Waals surface area contributed by atoms with Crippen LogP contribution in [-0.2, 0) is 11.2 Å². The molecular weight excluding hydrogens is 490 g/mol. The average molecular weight is 528 g/mol. The summed E-state index contributed by atoms with van der Waals surface area (Å²) in [4.78, 5) is 8.78. The van der Waals surface area contributed by atoms with E-state index < -0.39 is 11.2 Å². The van der Waals surface area contributed by atoms with Gasteiger partial charge in [-0.15, -0.1) is 0 Å². The Bertz CT molecular complexity index is 1050. The minimum Gasteiger partial charge on any atom is -0.491 e. The first-order chi connectivity index (χ1) is 17.6. The zero-order chi connectivity index (χ0) is 26.9. The van der Waals surface area contributed by atoms with Gasteiger partial charge in [0.2, 0.25) is 0 Å². The van der Waals surface area contributed by atoms with E-state index in [4.69, 9.17) is 21.4 Å². The molecule has 3 N–H and O–H groups in total. The van der Waals surface area contributed by atoms with Crippen molar-refractivity contribution < 1.29 is 20.1 Å². The zero-order valence-electron chi connectivity index (χ0n) is 21.8. The Kier molecular flexibility index (Phi) is 10.3. The van der Waals surface area contributed by atoms with E-state index in [9.17, 15) is 10.2 Å². The Hall–Kier alpha value is -2.68. The lowest BCUT2D eigenvalue weighted by Crippen LogP contribution is -2.50. The van der Waals surface area contributed by atoms with Crippen LogP contribution in [0.25, 0.3) is 0 Å². The highest BCUT2D eigenvalue weighted by atomic mass is 35.5. The molecule has 4 rings (SSSR count). The number of ether oxygens (including phenoxy) is 1. The predicted octanol–water partition coefficient (Wildman–Crippen LogP) is 4.05. The van der Waals surface area contributed by atoms with Crippen LogP contribution in [0.4, 0.5) is 5.69 Å². The summed E-state index contributed by atoms with van der Waals surface area (Å²) in [7, 11) is 0. The summed E-state index contributed by atoms with van der Waals surface area (Å²) in [5, 5.41) is 30.6. The minimum absolute atomic E-state index is 0.0370. The van der Waals surface area contributed by atoms with E-state index in [0.29, 0.717) is 23.0 Å². The van der Waals surface area contributed by atoms with Gasteiger partial charge in [0.1, 0.15) is 23.6 Å². The second-order valence-corrected chi connectivity index (χ2v) is 10.3. The molecule has 0 amide bonds. The molecule has 0 aliphatic carbocycles. The van der Waals surface area contributed by atoms with Gasteiger partial charge >= 0.3 is 0 Å². The molecule has 1 aliphatic heterocycles. The number of piperazine rings is 1. The number of β-amino-alcohol motifs (C(OH)–C–C–N with tert-alkyl or cyclic N) is 1. The SMILES string of the molecule is CC(C)(O)c1ccc(C(C)(O)CN2CCN(c3ccc(OCCO)cc3Cl)CC2)cn1.c1ccccc1. The van der Waals surface area contributed by atoms with Gasteiger partial charge in [-0.3, -0.25) is 9.88 Å². The number of hydrogen-bond acceptors (Lipinski definition) is 7. The van der Waals surface area contributed by atoms with Crippen molar-refractivity contribution in [3.63, 3.8) is 0 Å². The van der Waals surface area contributed by atoms with E-state index in [1.165, 1.54) is 0 Å². The molecule has 1 unspecified atom stereocenters. The lowest BCUT2D eigenvalue weighted by Gasteiger charge is -2.39. The van der Waals surface area contributed by atoms with E-state index >= 15 is 0 Å². The van der Waals surface area contributed by atoms with Crippen LogP contribution >= 0.6 is 11.6 Å². The van der Waals surface area contributed by atoms with Gasteiger partial charge in [-0.05, 0) is 39.0 Å². The smallest absolute Gasteiger partial charge is 0.121 e. The first-order valence-corrected chi connectivity index (χ1v) is 12.9. The van der Waals surface area contributed by atoms with Crippen LogP contribution in [0.3, 0.4) is 0 Å². The van der Waals surface area contributed by atoms with Crippen molar-refractivity contribution in [1.82, 2.24) is 9.88 Å². The molecule has 37 heavy (non-hydrogen) atoms. The molecule has 3 aromatic rings. The molecule has 1 saturated heterocycles. The van der Waals surface area contributed by atoms with Gasteiger partial charge in [-0.2, -0.15) is 0 Å². The average Bonchev–Trinajstić information content (AvgIpc) is 2.89. The van der Waals surface area contributed by atoms with E-state index in [2.05, 4.69) is 14.8 Å². The molecule has 0 saturated carbocycles. The topological polar surface area (TPSA) is 89.3 Å². The van der Waals surface area contributed by atoms with Crippen LogP contribution < -0.4 is 9.64 Å². The molecule has 0 bridgehead atoms. The van der Waals surface area contributed by atoms with Crippen LogP contribution in [0.2, 0.25) is 5.02 Å². The fourth-order valence-corrected chi connectivity index (χ4v) is 4.42. The fourth-order valence-electron chi connectivity index (χ4n) is 4.13. The van der Waals surface area contributed by atoms with Crippen molar-refractivity contribution >= 4 is 17.3 Å². The van der Waals surface area contributed by atoms with Gasteiger partial charge in [0.25, 0.3) is 0 Å². The van der Waals surface area contributed by atoms with Crippen LogP contribution in [-0.4, -0.2) is 71.1 Å². The van der Waals surface area contributed by atoms with Gasteiger partial charge in [0.05, 0.1) is 23.0 Å². The minimum atomic E-state index is -1.05. The largest absolute Gasteiger partial charge is 0.491 e. The van der Waals surface area contributed by atoms with Gasteiger partial charge in [0, 0.05) is 50.6 Å². The van der Waals surface area contributed by atoms with Crippen LogP contribution in [0, 0.1) is 0 Å². The van der Waals surface area contributed by atoms with E-state index in [1.807, 2.05) is 54.6 Å². The highest BCUT2D eigenvalue weighted by Crippen LogP contribution is 2.31. The number of pyridine rings is 1. The number of aliphatic hydroxyl groups excluding tert-OH is 1. The van der Waals surface area contributed by atoms with Crippen molar-refractivity contribution in [2.24, 2.45) is 0 Å². The van der Waals surface area contributed by atoms with Gasteiger partial charge < -0.3 is 25.0 Å². The van der Waals surface area contributed by atoms with E-state index in [1.54, 1.807) is 39.1 Å². The Morgan fingerprint density at radius 1 is 0.919 bits per heavy atom. The van der Waals surface area contributed by atoms with Crippen LogP contribution in [0.15, 0.2) is 72.9 Å². The number of rotatable bonds is 8. The summed E-state index contributed by atoms with van der Waals surface area (Å²) in [6, 6.07) is 21.2. The molecule has 7 nitrogen and oxygen atoms in total. The zero-order valence-corrected chi connectivity index (χ0v) is 22.6. The van der Waals surface area contributed by atoms with Gasteiger partial charge in [-0.1, -0.05) is 54.1 Å². The monoisotopic (exact) mass is 527 g/mol. The summed E-state index contributed by atoms with van der Waals surface area (Å²) >= 11 is 6.45. The third-order valence-corrected chi connectivity index (χ3v) is 6.51. The van der Waals surface area contributed by atoms with E-state index in [-0.39, 0.29) is 13.2 Å². The molecule has 0 spiro atoms. The lowest BCUT2D eigenvalue weighted by atomic mass is 9.95. The maximum absolute atomic E-state index is 11.0. The molecule has 2 aromatic carbocycles. The molecule has 2 heterocycles. The highest BCUT2D eigenvalue weighted by Gasteiger charge is 2.30. The number of hydrogen-bond donors (Lipinski definition) is 3. The van der Waals surface area contributed by atoms with Crippen molar-refractivity contribution in [2.45, 2.75) is 32.0 Å². The number of aromatic nitrogens is 1. The summed E-state index contributed by atoms with van der Waals surface area (Å²) in [5.41, 5.74) is 0.201. The van der Waals surface area contributed by atoms with Crippen LogP contribution in [0.5, 0.6) is 5.75 Å². The first kappa shape index (κ1) is 28.9. The van der Waals surface area contributed by atoms with Crippen molar-refractivity contribution in [3.8, 4) is 5.75 Å². The molecular formula is C29H38ClN3O4.